The summed E-state index contributed by atoms with van der Waals surface area (Å²) < 4.78 is 7.41. The Hall–Kier alpha value is -3.17. The molecule has 1 aromatic carbocycles. The molecule has 9 nitrogen and oxygen atoms in total. The molecule has 3 N–H and O–H groups in total. The largest absolute Gasteiger partial charge is 0.396 e. The number of aliphatic hydroxyl groups excluding tert-OH is 1. The Bertz CT molecular complexity index is 1240. The lowest BCUT2D eigenvalue weighted by Gasteiger charge is -2.24. The minimum Gasteiger partial charge on any atom is -0.396 e. The number of hydrogen-bond acceptors (Lipinski definition) is 7. The molecule has 198 valence electrons. The second-order valence-corrected chi connectivity index (χ2v) is 10.3. The van der Waals surface area contributed by atoms with Gasteiger partial charge in [-0.15, -0.1) is 0 Å². The van der Waals surface area contributed by atoms with E-state index in [1.54, 1.807) is 0 Å². The average molecular weight is 507 g/mol. The Morgan fingerprint density at radius 3 is 2.76 bits per heavy atom. The van der Waals surface area contributed by atoms with Crippen LogP contribution in [0.1, 0.15) is 48.5 Å². The van der Waals surface area contributed by atoms with Crippen LogP contribution >= 0.6 is 0 Å². The number of nitrogens with one attached hydrogen (secondary N) is 2. The van der Waals surface area contributed by atoms with E-state index in [4.69, 9.17) is 14.8 Å². The van der Waals surface area contributed by atoms with E-state index >= 15 is 0 Å². The lowest BCUT2D eigenvalue weighted by molar-refractivity contribution is 0.0699. The monoisotopic (exact) mass is 506 g/mol. The molecule has 3 aromatic rings. The van der Waals surface area contributed by atoms with Crippen molar-refractivity contribution in [2.24, 2.45) is 11.8 Å². The van der Waals surface area contributed by atoms with Crippen LogP contribution in [0.3, 0.4) is 0 Å². The van der Waals surface area contributed by atoms with Crippen LogP contribution in [0.15, 0.2) is 30.5 Å². The van der Waals surface area contributed by atoms with Gasteiger partial charge in [0.05, 0.1) is 6.20 Å². The van der Waals surface area contributed by atoms with Gasteiger partial charge in [-0.1, -0.05) is 19.1 Å². The average Bonchev–Trinajstić information content (AvgIpc) is 3.58. The Morgan fingerprint density at radius 2 is 2.03 bits per heavy atom. The third-order valence-electron chi connectivity index (χ3n) is 7.56. The maximum Gasteiger partial charge on any atom is 0.251 e. The van der Waals surface area contributed by atoms with Crippen molar-refractivity contribution in [3.8, 4) is 11.1 Å². The molecule has 1 amide bonds. The number of hydrogen-bond donors (Lipinski definition) is 3. The third-order valence-corrected chi connectivity index (χ3v) is 7.56. The van der Waals surface area contributed by atoms with Gasteiger partial charge in [-0.3, -0.25) is 4.79 Å². The lowest BCUT2D eigenvalue weighted by Crippen LogP contribution is -2.25. The Labute approximate surface area is 218 Å². The molecule has 0 aliphatic carbocycles. The molecule has 2 fully saturated rings. The van der Waals surface area contributed by atoms with Crippen molar-refractivity contribution in [3.63, 3.8) is 0 Å². The zero-order valence-corrected chi connectivity index (χ0v) is 21.9. The van der Waals surface area contributed by atoms with E-state index in [0.29, 0.717) is 18.0 Å². The number of rotatable bonds is 9. The first-order valence-corrected chi connectivity index (χ1v) is 13.5. The second-order valence-electron chi connectivity index (χ2n) is 10.3. The van der Waals surface area contributed by atoms with Gasteiger partial charge in [0, 0.05) is 69.1 Å². The lowest BCUT2D eigenvalue weighted by atomic mass is 10.0. The van der Waals surface area contributed by atoms with E-state index in [-0.39, 0.29) is 18.4 Å². The first-order valence-electron chi connectivity index (χ1n) is 13.5. The molecule has 5 rings (SSSR count). The van der Waals surface area contributed by atoms with Crippen molar-refractivity contribution in [3.05, 3.63) is 41.6 Å². The fourth-order valence-electron chi connectivity index (χ4n) is 5.25. The Balaban J connectivity index is 1.49. The molecule has 0 radical (unpaired) electrons. The van der Waals surface area contributed by atoms with Crippen LogP contribution in [0.2, 0.25) is 0 Å². The number of carbonyl (C=O) groups is 1. The molecular formula is C28H38N6O3. The van der Waals surface area contributed by atoms with E-state index < -0.39 is 0 Å². The summed E-state index contributed by atoms with van der Waals surface area (Å²) in [7, 11) is 0. The zero-order chi connectivity index (χ0) is 25.8. The predicted molar refractivity (Wildman–Crippen MR) is 145 cm³/mol. The summed E-state index contributed by atoms with van der Waals surface area (Å²) in [4.78, 5) is 19.8. The number of aromatic nitrogens is 3. The summed E-state index contributed by atoms with van der Waals surface area (Å²) in [6, 6.07) is 7.99. The number of aliphatic hydroxyl groups is 1. The van der Waals surface area contributed by atoms with Crippen molar-refractivity contribution in [1.82, 2.24) is 19.9 Å². The molecule has 2 aliphatic rings. The number of fused-ring (bicyclic) bond motifs is 1. The molecule has 0 spiro atoms. The molecule has 1 unspecified atom stereocenters. The number of benzene rings is 1. The standard InChI is InChI=1S/C28H38N6O3/c1-3-9-29-28(36)23-5-4-22(13-19(23)2)24-16-31-34-25(30-15-20-7-11-37-12-8-20)14-26(32-27(24)34)33-10-6-21(17-33)18-35/h4-5,13-14,16,20-21,30,35H,3,6-12,15,17-18H2,1-2H3,(H,29,36). The minimum atomic E-state index is -0.0433. The van der Waals surface area contributed by atoms with Crippen molar-refractivity contribution in [2.75, 3.05) is 56.2 Å². The number of nitrogens with zero attached hydrogens (tertiary/aromatic N) is 4. The van der Waals surface area contributed by atoms with Gasteiger partial charge < -0.3 is 25.4 Å². The summed E-state index contributed by atoms with van der Waals surface area (Å²) in [6.45, 7) is 9.03. The van der Waals surface area contributed by atoms with E-state index in [1.807, 2.05) is 42.8 Å². The summed E-state index contributed by atoms with van der Waals surface area (Å²) in [5.74, 6) is 2.60. The maximum absolute atomic E-state index is 12.5. The van der Waals surface area contributed by atoms with Crippen LogP contribution < -0.4 is 15.5 Å². The number of amides is 1. The topological polar surface area (TPSA) is 104 Å². The van der Waals surface area contributed by atoms with Crippen molar-refractivity contribution in [2.45, 2.75) is 39.5 Å². The molecule has 2 aromatic heterocycles. The maximum atomic E-state index is 12.5. The van der Waals surface area contributed by atoms with Gasteiger partial charge in [0.2, 0.25) is 0 Å². The summed E-state index contributed by atoms with van der Waals surface area (Å²) in [6.07, 6.45) is 5.83. The quantitative estimate of drug-likeness (QED) is 0.408. The number of ether oxygens (including phenoxy) is 1. The van der Waals surface area contributed by atoms with Crippen molar-refractivity contribution < 1.29 is 14.6 Å². The molecule has 9 heteroatoms. The predicted octanol–water partition coefficient (Wildman–Crippen LogP) is 3.50. The van der Waals surface area contributed by atoms with Crippen LogP contribution in [0.25, 0.3) is 16.8 Å². The number of carbonyl (C=O) groups excluding carboxylic acids is 1. The van der Waals surface area contributed by atoms with E-state index in [1.165, 1.54) is 0 Å². The first-order chi connectivity index (χ1) is 18.1. The van der Waals surface area contributed by atoms with E-state index in [9.17, 15) is 9.90 Å². The summed E-state index contributed by atoms with van der Waals surface area (Å²) in [5, 5.41) is 21.0. The highest BCUT2D eigenvalue weighted by Crippen LogP contribution is 2.31. The van der Waals surface area contributed by atoms with Crippen LogP contribution in [0.4, 0.5) is 11.6 Å². The normalized spacial score (nSPS) is 18.5. The molecule has 0 bridgehead atoms. The summed E-state index contributed by atoms with van der Waals surface area (Å²) in [5.41, 5.74) is 4.30. The van der Waals surface area contributed by atoms with Crippen LogP contribution in [0.5, 0.6) is 0 Å². The van der Waals surface area contributed by atoms with Gasteiger partial charge in [0.1, 0.15) is 11.6 Å². The minimum absolute atomic E-state index is 0.0433. The number of anilines is 2. The molecular weight excluding hydrogens is 468 g/mol. The highest BCUT2D eigenvalue weighted by Gasteiger charge is 2.25. The van der Waals surface area contributed by atoms with Crippen LogP contribution in [-0.2, 0) is 4.74 Å². The van der Waals surface area contributed by atoms with Crippen molar-refractivity contribution >= 4 is 23.2 Å². The highest BCUT2D eigenvalue weighted by atomic mass is 16.5. The van der Waals surface area contributed by atoms with Gasteiger partial charge in [-0.05, 0) is 55.7 Å². The fraction of sp³-hybridized carbons (Fsp3) is 0.536. The van der Waals surface area contributed by atoms with Gasteiger partial charge in [-0.2, -0.15) is 9.61 Å². The Kier molecular flexibility index (Phi) is 7.90. The van der Waals surface area contributed by atoms with Gasteiger partial charge in [-0.25, -0.2) is 4.98 Å². The third kappa shape index (κ3) is 5.57. The SMILES string of the molecule is CCCNC(=O)c1ccc(-c2cnn3c(NCC4CCOCC4)cc(N4CCC(CO)C4)nc23)cc1C. The highest BCUT2D eigenvalue weighted by molar-refractivity contribution is 5.96. The molecule has 2 saturated heterocycles. The van der Waals surface area contributed by atoms with Gasteiger partial charge >= 0.3 is 0 Å². The van der Waals surface area contributed by atoms with Crippen LogP contribution in [0, 0.1) is 18.8 Å². The van der Waals surface area contributed by atoms with E-state index in [2.05, 4.69) is 21.6 Å². The second kappa shape index (κ2) is 11.5. The van der Waals surface area contributed by atoms with Gasteiger partial charge in [0.25, 0.3) is 5.91 Å². The van der Waals surface area contributed by atoms with E-state index in [0.717, 1.165) is 92.5 Å². The molecule has 1 atom stereocenters. The smallest absolute Gasteiger partial charge is 0.251 e. The zero-order valence-electron chi connectivity index (χ0n) is 21.9. The molecule has 37 heavy (non-hydrogen) atoms. The van der Waals surface area contributed by atoms with Crippen LogP contribution in [-0.4, -0.2) is 71.6 Å². The molecule has 0 saturated carbocycles. The fourth-order valence-corrected chi connectivity index (χ4v) is 5.25. The first kappa shape index (κ1) is 25.5. The van der Waals surface area contributed by atoms with Gasteiger partial charge in [0.15, 0.2) is 5.65 Å². The van der Waals surface area contributed by atoms with Crippen molar-refractivity contribution in [1.29, 1.82) is 0 Å². The Morgan fingerprint density at radius 1 is 1.19 bits per heavy atom. The molecule has 4 heterocycles. The number of aryl methyl sites for hydroxylation is 1. The summed E-state index contributed by atoms with van der Waals surface area (Å²) >= 11 is 0. The molecule has 2 aliphatic heterocycles.